The molecule has 0 saturated heterocycles. The summed E-state index contributed by atoms with van der Waals surface area (Å²) in [6.07, 6.45) is -2.38. The van der Waals surface area contributed by atoms with Gasteiger partial charge in [0.05, 0.1) is 6.61 Å². The quantitative estimate of drug-likeness (QED) is 0.716. The van der Waals surface area contributed by atoms with Gasteiger partial charge in [-0.25, -0.2) is 0 Å². The van der Waals surface area contributed by atoms with Gasteiger partial charge in [0.25, 0.3) is 0 Å². The third-order valence-electron chi connectivity index (χ3n) is 1.39. The van der Waals surface area contributed by atoms with Gasteiger partial charge in [-0.2, -0.15) is 13.2 Å². The van der Waals surface area contributed by atoms with Crippen LogP contribution in [0.5, 0.6) is 5.75 Å². The second kappa shape index (κ2) is 3.64. The van der Waals surface area contributed by atoms with Gasteiger partial charge >= 0.3 is 6.18 Å². The Bertz CT molecular complexity index is 285. The van der Waals surface area contributed by atoms with Crippen LogP contribution in [0.25, 0.3) is 0 Å². The van der Waals surface area contributed by atoms with Crippen molar-refractivity contribution in [3.05, 3.63) is 24.0 Å². The number of pyridine rings is 1. The zero-order valence-corrected chi connectivity index (χ0v) is 6.93. The van der Waals surface area contributed by atoms with Crippen LogP contribution in [0.3, 0.4) is 0 Å². The maximum atomic E-state index is 12.3. The predicted molar refractivity (Wildman–Crippen MR) is 40.4 cm³/mol. The summed E-state index contributed by atoms with van der Waals surface area (Å²) in [5.74, 6) is -0.176. The standard InChI is InChI=1S/C8H8F3NO/c1-2-13-7-3-4-12-5-6(7)8(9,10)11/h3-5H,2H2,1H3. The summed E-state index contributed by atoms with van der Waals surface area (Å²) in [7, 11) is 0. The van der Waals surface area contributed by atoms with E-state index in [2.05, 4.69) is 4.98 Å². The third-order valence-corrected chi connectivity index (χ3v) is 1.39. The summed E-state index contributed by atoms with van der Waals surface area (Å²) in [4.78, 5) is 3.39. The fourth-order valence-electron chi connectivity index (χ4n) is 0.876. The summed E-state index contributed by atoms with van der Waals surface area (Å²) in [6, 6.07) is 1.20. The average Bonchev–Trinajstić information content (AvgIpc) is 2.04. The van der Waals surface area contributed by atoms with Crippen molar-refractivity contribution in [3.8, 4) is 5.75 Å². The van der Waals surface area contributed by atoms with Crippen molar-refractivity contribution in [2.24, 2.45) is 0 Å². The van der Waals surface area contributed by atoms with E-state index in [-0.39, 0.29) is 12.4 Å². The van der Waals surface area contributed by atoms with Crippen LogP contribution in [-0.2, 0) is 6.18 Å². The van der Waals surface area contributed by atoms with Crippen LogP contribution < -0.4 is 4.74 Å². The molecule has 0 radical (unpaired) electrons. The molecule has 13 heavy (non-hydrogen) atoms. The monoisotopic (exact) mass is 191 g/mol. The second-order valence-corrected chi connectivity index (χ2v) is 2.30. The van der Waals surface area contributed by atoms with Crippen LogP contribution in [0.4, 0.5) is 13.2 Å². The molecule has 0 fully saturated rings. The number of aromatic nitrogens is 1. The molecule has 72 valence electrons. The first-order valence-electron chi connectivity index (χ1n) is 3.69. The summed E-state index contributed by atoms with van der Waals surface area (Å²) in [5, 5.41) is 0. The lowest BCUT2D eigenvalue weighted by Gasteiger charge is -2.11. The molecular weight excluding hydrogens is 183 g/mol. The Labute approximate surface area is 73.4 Å². The Morgan fingerprint density at radius 3 is 2.69 bits per heavy atom. The molecule has 1 aromatic rings. The molecule has 0 N–H and O–H groups in total. The number of nitrogens with zero attached hydrogens (tertiary/aromatic N) is 1. The number of halogens is 3. The summed E-state index contributed by atoms with van der Waals surface area (Å²) in [6.45, 7) is 1.83. The van der Waals surface area contributed by atoms with Crippen molar-refractivity contribution in [1.29, 1.82) is 0 Å². The first kappa shape index (κ1) is 9.83. The van der Waals surface area contributed by atoms with Crippen molar-refractivity contribution in [2.45, 2.75) is 13.1 Å². The SMILES string of the molecule is CCOc1ccncc1C(F)(F)F. The Kier molecular flexibility index (Phi) is 2.75. The van der Waals surface area contributed by atoms with Gasteiger partial charge in [-0.1, -0.05) is 0 Å². The van der Waals surface area contributed by atoms with Crippen LogP contribution in [0.15, 0.2) is 18.5 Å². The molecule has 0 aliphatic carbocycles. The molecule has 1 heterocycles. The summed E-state index contributed by atoms with van der Waals surface area (Å²) >= 11 is 0. The molecule has 1 rings (SSSR count). The van der Waals surface area contributed by atoms with Crippen molar-refractivity contribution < 1.29 is 17.9 Å². The van der Waals surface area contributed by atoms with Gasteiger partial charge in [-0.3, -0.25) is 4.98 Å². The topological polar surface area (TPSA) is 22.1 Å². The molecule has 0 saturated carbocycles. The average molecular weight is 191 g/mol. The Balaban J connectivity index is 3.05. The van der Waals surface area contributed by atoms with Crippen molar-refractivity contribution in [3.63, 3.8) is 0 Å². The minimum absolute atomic E-state index is 0.176. The molecule has 0 unspecified atom stereocenters. The summed E-state index contributed by atoms with van der Waals surface area (Å²) in [5.41, 5.74) is -0.836. The number of hydrogen-bond acceptors (Lipinski definition) is 2. The lowest BCUT2D eigenvalue weighted by molar-refractivity contribution is -0.139. The minimum Gasteiger partial charge on any atom is -0.493 e. The van der Waals surface area contributed by atoms with E-state index in [4.69, 9.17) is 4.74 Å². The number of alkyl halides is 3. The number of hydrogen-bond donors (Lipinski definition) is 0. The molecule has 0 atom stereocenters. The van der Waals surface area contributed by atoms with E-state index in [1.54, 1.807) is 6.92 Å². The van der Waals surface area contributed by atoms with E-state index in [0.29, 0.717) is 0 Å². The highest BCUT2D eigenvalue weighted by Crippen LogP contribution is 2.35. The highest BCUT2D eigenvalue weighted by molar-refractivity contribution is 5.32. The van der Waals surface area contributed by atoms with E-state index in [0.717, 1.165) is 6.20 Å². The Morgan fingerprint density at radius 1 is 1.46 bits per heavy atom. The van der Waals surface area contributed by atoms with Crippen LogP contribution >= 0.6 is 0 Å². The lowest BCUT2D eigenvalue weighted by atomic mass is 10.2. The minimum atomic E-state index is -4.40. The molecule has 2 nitrogen and oxygen atoms in total. The van der Waals surface area contributed by atoms with Gasteiger partial charge in [-0.15, -0.1) is 0 Å². The largest absolute Gasteiger partial charge is 0.493 e. The second-order valence-electron chi connectivity index (χ2n) is 2.30. The first-order chi connectivity index (χ1) is 6.05. The van der Waals surface area contributed by atoms with E-state index in [1.807, 2.05) is 0 Å². The van der Waals surface area contributed by atoms with Gasteiger partial charge in [0.15, 0.2) is 0 Å². The van der Waals surface area contributed by atoms with Gasteiger partial charge in [-0.05, 0) is 13.0 Å². The molecule has 0 amide bonds. The van der Waals surface area contributed by atoms with Gasteiger partial charge in [0, 0.05) is 12.4 Å². The molecule has 0 aromatic carbocycles. The van der Waals surface area contributed by atoms with Crippen LogP contribution in [-0.4, -0.2) is 11.6 Å². The number of ether oxygens (including phenoxy) is 1. The van der Waals surface area contributed by atoms with Crippen LogP contribution in [0.1, 0.15) is 12.5 Å². The highest BCUT2D eigenvalue weighted by Gasteiger charge is 2.34. The molecule has 0 aliphatic rings. The first-order valence-corrected chi connectivity index (χ1v) is 3.69. The molecular formula is C8H8F3NO. The van der Waals surface area contributed by atoms with Crippen LogP contribution in [0.2, 0.25) is 0 Å². The Hall–Kier alpha value is -1.26. The van der Waals surface area contributed by atoms with Crippen molar-refractivity contribution in [1.82, 2.24) is 4.98 Å². The molecule has 1 aromatic heterocycles. The third kappa shape index (κ3) is 2.34. The fourth-order valence-corrected chi connectivity index (χ4v) is 0.876. The number of rotatable bonds is 2. The van der Waals surface area contributed by atoms with E-state index < -0.39 is 11.7 Å². The molecule has 0 spiro atoms. The van der Waals surface area contributed by atoms with E-state index >= 15 is 0 Å². The van der Waals surface area contributed by atoms with Crippen LogP contribution in [0, 0.1) is 0 Å². The van der Waals surface area contributed by atoms with Gasteiger partial charge in [0.1, 0.15) is 11.3 Å². The molecule has 0 bridgehead atoms. The zero-order chi connectivity index (χ0) is 9.90. The summed E-state index contributed by atoms with van der Waals surface area (Å²) < 4.78 is 41.6. The molecule has 5 heteroatoms. The Morgan fingerprint density at radius 2 is 2.15 bits per heavy atom. The van der Waals surface area contributed by atoms with Gasteiger partial charge in [0.2, 0.25) is 0 Å². The zero-order valence-electron chi connectivity index (χ0n) is 6.93. The smallest absolute Gasteiger partial charge is 0.421 e. The van der Waals surface area contributed by atoms with E-state index in [9.17, 15) is 13.2 Å². The van der Waals surface area contributed by atoms with E-state index in [1.165, 1.54) is 12.3 Å². The predicted octanol–water partition coefficient (Wildman–Crippen LogP) is 2.50. The fraction of sp³-hybridized carbons (Fsp3) is 0.375. The maximum Gasteiger partial charge on any atom is 0.421 e. The lowest BCUT2D eigenvalue weighted by Crippen LogP contribution is -2.08. The molecule has 0 aliphatic heterocycles. The van der Waals surface area contributed by atoms with Crippen molar-refractivity contribution >= 4 is 0 Å². The maximum absolute atomic E-state index is 12.3. The van der Waals surface area contributed by atoms with Gasteiger partial charge < -0.3 is 4.74 Å². The normalized spacial score (nSPS) is 11.4. The highest BCUT2D eigenvalue weighted by atomic mass is 19.4. The van der Waals surface area contributed by atoms with Crippen molar-refractivity contribution in [2.75, 3.05) is 6.61 Å².